The first kappa shape index (κ1) is 17.0. The number of benzene rings is 2. The van der Waals surface area contributed by atoms with E-state index < -0.39 is 5.91 Å². The predicted molar refractivity (Wildman–Crippen MR) is 98.4 cm³/mol. The SMILES string of the molecule is CCNC(=O)c1cccc(NC(=O)c2oc3c(Cl)cccc3c2C)c1. The van der Waals surface area contributed by atoms with E-state index in [1.165, 1.54) is 0 Å². The third-order valence-corrected chi connectivity index (χ3v) is 4.14. The van der Waals surface area contributed by atoms with Crippen molar-refractivity contribution >= 4 is 40.1 Å². The Labute approximate surface area is 150 Å². The summed E-state index contributed by atoms with van der Waals surface area (Å²) in [6.45, 7) is 4.19. The van der Waals surface area contributed by atoms with Crippen LogP contribution in [0.25, 0.3) is 11.0 Å². The molecule has 0 aliphatic rings. The fourth-order valence-corrected chi connectivity index (χ4v) is 2.83. The van der Waals surface area contributed by atoms with Crippen LogP contribution < -0.4 is 10.6 Å². The van der Waals surface area contributed by atoms with Crippen LogP contribution in [0.15, 0.2) is 46.9 Å². The van der Waals surface area contributed by atoms with Crippen molar-refractivity contribution < 1.29 is 14.0 Å². The topological polar surface area (TPSA) is 71.3 Å². The second kappa shape index (κ2) is 6.99. The average molecular weight is 357 g/mol. The van der Waals surface area contributed by atoms with Gasteiger partial charge in [-0.15, -0.1) is 0 Å². The van der Waals surface area contributed by atoms with Crippen LogP contribution in [-0.2, 0) is 0 Å². The number of nitrogens with one attached hydrogen (secondary N) is 2. The molecule has 0 saturated carbocycles. The summed E-state index contributed by atoms with van der Waals surface area (Å²) in [5.41, 5.74) is 2.20. The van der Waals surface area contributed by atoms with E-state index in [0.29, 0.717) is 28.4 Å². The fourth-order valence-electron chi connectivity index (χ4n) is 2.61. The number of furan rings is 1. The Kier molecular flexibility index (Phi) is 4.76. The first-order chi connectivity index (χ1) is 12.0. The molecule has 2 aromatic carbocycles. The molecule has 0 aliphatic carbocycles. The van der Waals surface area contributed by atoms with Gasteiger partial charge in [-0.3, -0.25) is 9.59 Å². The zero-order valence-corrected chi connectivity index (χ0v) is 14.6. The Balaban J connectivity index is 1.88. The Hall–Kier alpha value is -2.79. The lowest BCUT2D eigenvalue weighted by Crippen LogP contribution is -2.22. The highest BCUT2D eigenvalue weighted by molar-refractivity contribution is 6.35. The molecule has 25 heavy (non-hydrogen) atoms. The molecule has 0 radical (unpaired) electrons. The quantitative estimate of drug-likeness (QED) is 0.728. The van der Waals surface area contributed by atoms with E-state index >= 15 is 0 Å². The van der Waals surface area contributed by atoms with Crippen LogP contribution in [-0.4, -0.2) is 18.4 Å². The number of hydrogen-bond acceptors (Lipinski definition) is 3. The van der Waals surface area contributed by atoms with E-state index in [4.69, 9.17) is 16.0 Å². The molecule has 5 nitrogen and oxygen atoms in total. The lowest BCUT2D eigenvalue weighted by Gasteiger charge is -2.07. The Morgan fingerprint density at radius 3 is 2.60 bits per heavy atom. The van der Waals surface area contributed by atoms with E-state index in [9.17, 15) is 9.59 Å². The Morgan fingerprint density at radius 2 is 1.88 bits per heavy atom. The van der Waals surface area contributed by atoms with Crippen molar-refractivity contribution in [2.45, 2.75) is 13.8 Å². The number of amides is 2. The van der Waals surface area contributed by atoms with Crippen molar-refractivity contribution in [1.29, 1.82) is 0 Å². The molecular formula is C19H17ClN2O3. The normalized spacial score (nSPS) is 10.7. The Bertz CT molecular complexity index is 962. The number of carbonyl (C=O) groups is 2. The lowest BCUT2D eigenvalue weighted by molar-refractivity contribution is 0.0953. The highest BCUT2D eigenvalue weighted by atomic mass is 35.5. The number of aryl methyl sites for hydroxylation is 1. The maximum Gasteiger partial charge on any atom is 0.291 e. The lowest BCUT2D eigenvalue weighted by atomic mass is 10.1. The van der Waals surface area contributed by atoms with Gasteiger partial charge in [-0.25, -0.2) is 0 Å². The number of anilines is 1. The van der Waals surface area contributed by atoms with Gasteiger partial charge >= 0.3 is 0 Å². The van der Waals surface area contributed by atoms with Crippen LogP contribution in [0.3, 0.4) is 0 Å². The molecule has 3 aromatic rings. The number of rotatable bonds is 4. The fraction of sp³-hybridized carbons (Fsp3) is 0.158. The first-order valence-electron chi connectivity index (χ1n) is 7.88. The molecule has 0 unspecified atom stereocenters. The highest BCUT2D eigenvalue weighted by Gasteiger charge is 2.19. The summed E-state index contributed by atoms with van der Waals surface area (Å²) in [4.78, 5) is 24.5. The van der Waals surface area contributed by atoms with E-state index in [1.807, 2.05) is 26.0 Å². The van der Waals surface area contributed by atoms with E-state index in [2.05, 4.69) is 10.6 Å². The minimum atomic E-state index is -0.391. The van der Waals surface area contributed by atoms with Crippen molar-refractivity contribution in [2.24, 2.45) is 0 Å². The van der Waals surface area contributed by atoms with Gasteiger partial charge in [0.15, 0.2) is 11.3 Å². The molecule has 2 amide bonds. The van der Waals surface area contributed by atoms with Gasteiger partial charge in [-0.1, -0.05) is 29.8 Å². The largest absolute Gasteiger partial charge is 0.449 e. The van der Waals surface area contributed by atoms with Crippen molar-refractivity contribution in [2.75, 3.05) is 11.9 Å². The van der Waals surface area contributed by atoms with E-state index in [0.717, 1.165) is 10.9 Å². The number of carbonyl (C=O) groups excluding carboxylic acids is 2. The standard InChI is InChI=1S/C19H17ClN2O3/c1-3-21-18(23)12-6-4-7-13(10-12)22-19(24)16-11(2)14-8-5-9-15(20)17(14)25-16/h4-10H,3H2,1-2H3,(H,21,23)(H,22,24). The summed E-state index contributed by atoms with van der Waals surface area (Å²) >= 11 is 6.12. The average Bonchev–Trinajstić information content (AvgIpc) is 2.94. The van der Waals surface area contributed by atoms with Crippen molar-refractivity contribution in [1.82, 2.24) is 5.32 Å². The van der Waals surface area contributed by atoms with Gasteiger partial charge in [0.25, 0.3) is 11.8 Å². The zero-order chi connectivity index (χ0) is 18.0. The molecule has 3 rings (SSSR count). The van der Waals surface area contributed by atoms with Crippen molar-refractivity contribution in [3.8, 4) is 0 Å². The van der Waals surface area contributed by atoms with Gasteiger partial charge in [-0.05, 0) is 38.1 Å². The first-order valence-corrected chi connectivity index (χ1v) is 8.26. The smallest absolute Gasteiger partial charge is 0.291 e. The second-order valence-corrected chi connectivity index (χ2v) is 5.97. The van der Waals surface area contributed by atoms with Crippen LogP contribution in [0.1, 0.15) is 33.4 Å². The summed E-state index contributed by atoms with van der Waals surface area (Å²) in [6, 6.07) is 12.1. The van der Waals surface area contributed by atoms with Crippen LogP contribution in [0.5, 0.6) is 0 Å². The molecule has 0 fully saturated rings. The third-order valence-electron chi connectivity index (χ3n) is 3.84. The van der Waals surface area contributed by atoms with Gasteiger partial charge in [-0.2, -0.15) is 0 Å². The molecule has 1 aromatic heterocycles. The van der Waals surface area contributed by atoms with Gasteiger partial charge in [0.05, 0.1) is 5.02 Å². The van der Waals surface area contributed by atoms with Gasteiger partial charge in [0.2, 0.25) is 0 Å². The molecular weight excluding hydrogens is 340 g/mol. The maximum atomic E-state index is 12.6. The second-order valence-electron chi connectivity index (χ2n) is 5.57. The van der Waals surface area contributed by atoms with E-state index in [-0.39, 0.29) is 11.7 Å². The van der Waals surface area contributed by atoms with Crippen LogP contribution in [0.2, 0.25) is 5.02 Å². The predicted octanol–water partition coefficient (Wildman–Crippen LogP) is 4.40. The van der Waals surface area contributed by atoms with Gasteiger partial charge in [0.1, 0.15) is 0 Å². The molecule has 0 aliphatic heterocycles. The van der Waals surface area contributed by atoms with Crippen molar-refractivity contribution in [3.63, 3.8) is 0 Å². The summed E-state index contributed by atoms with van der Waals surface area (Å²) in [7, 11) is 0. The van der Waals surface area contributed by atoms with Crippen LogP contribution in [0.4, 0.5) is 5.69 Å². The minimum Gasteiger partial charge on any atom is -0.449 e. The molecule has 1 heterocycles. The minimum absolute atomic E-state index is 0.190. The summed E-state index contributed by atoms with van der Waals surface area (Å²) in [5.74, 6) is -0.380. The number of para-hydroxylation sites is 1. The molecule has 0 atom stereocenters. The number of halogens is 1. The van der Waals surface area contributed by atoms with Crippen LogP contribution in [0, 0.1) is 6.92 Å². The molecule has 128 valence electrons. The van der Waals surface area contributed by atoms with E-state index in [1.54, 1.807) is 30.3 Å². The monoisotopic (exact) mass is 356 g/mol. The molecule has 0 saturated heterocycles. The summed E-state index contributed by atoms with van der Waals surface area (Å²) in [5, 5.41) is 6.74. The summed E-state index contributed by atoms with van der Waals surface area (Å²) < 4.78 is 5.66. The van der Waals surface area contributed by atoms with Gasteiger partial charge in [0, 0.05) is 28.7 Å². The highest BCUT2D eigenvalue weighted by Crippen LogP contribution is 2.31. The molecule has 6 heteroatoms. The van der Waals surface area contributed by atoms with Gasteiger partial charge < -0.3 is 15.1 Å². The zero-order valence-electron chi connectivity index (χ0n) is 13.9. The Morgan fingerprint density at radius 1 is 1.12 bits per heavy atom. The number of hydrogen-bond donors (Lipinski definition) is 2. The third kappa shape index (κ3) is 3.37. The number of fused-ring (bicyclic) bond motifs is 1. The molecule has 0 bridgehead atoms. The molecule has 2 N–H and O–H groups in total. The van der Waals surface area contributed by atoms with Crippen LogP contribution >= 0.6 is 11.6 Å². The maximum absolute atomic E-state index is 12.6. The van der Waals surface area contributed by atoms with Crippen molar-refractivity contribution in [3.05, 3.63) is 64.4 Å². The molecule has 0 spiro atoms. The summed E-state index contributed by atoms with van der Waals surface area (Å²) in [6.07, 6.45) is 0.